The van der Waals surface area contributed by atoms with E-state index in [1.165, 1.54) is 25.0 Å². The van der Waals surface area contributed by atoms with E-state index >= 15 is 0 Å². The highest BCUT2D eigenvalue weighted by atomic mass is 19.1. The van der Waals surface area contributed by atoms with Crippen LogP contribution < -0.4 is 10.6 Å². The first-order valence-corrected chi connectivity index (χ1v) is 7.51. The number of fused-ring (bicyclic) bond motifs is 1. The lowest BCUT2D eigenvalue weighted by molar-refractivity contribution is 0.0719. The summed E-state index contributed by atoms with van der Waals surface area (Å²) in [7, 11) is 2.00. The molecule has 2 fully saturated rings. The molecule has 4 heteroatoms. The molecule has 2 N–H and O–H groups in total. The summed E-state index contributed by atoms with van der Waals surface area (Å²) in [6.45, 7) is 1.62. The first-order valence-electron chi connectivity index (χ1n) is 7.51. The molecule has 4 atom stereocenters. The Balaban J connectivity index is 1.55. The van der Waals surface area contributed by atoms with Gasteiger partial charge in [-0.25, -0.2) is 4.39 Å². The van der Waals surface area contributed by atoms with Gasteiger partial charge in [0.1, 0.15) is 5.82 Å². The zero-order valence-electron chi connectivity index (χ0n) is 11.9. The first-order chi connectivity index (χ1) is 9.74. The van der Waals surface area contributed by atoms with Gasteiger partial charge in [-0.2, -0.15) is 0 Å². The predicted octanol–water partition coefficient (Wildman–Crippen LogP) is 2.07. The first kappa shape index (κ1) is 14.0. The van der Waals surface area contributed by atoms with Gasteiger partial charge >= 0.3 is 0 Å². The molecule has 20 heavy (non-hydrogen) atoms. The highest BCUT2D eigenvalue weighted by Gasteiger charge is 2.41. The third-order valence-electron chi connectivity index (χ3n) is 4.44. The largest absolute Gasteiger partial charge is 0.376 e. The Hall–Kier alpha value is -0.970. The van der Waals surface area contributed by atoms with Gasteiger partial charge < -0.3 is 15.4 Å². The van der Waals surface area contributed by atoms with Gasteiger partial charge in [0, 0.05) is 18.6 Å². The number of ether oxygens (including phenoxy) is 1. The van der Waals surface area contributed by atoms with Crippen LogP contribution in [0.3, 0.4) is 0 Å². The van der Waals surface area contributed by atoms with Gasteiger partial charge in [0.15, 0.2) is 0 Å². The highest BCUT2D eigenvalue weighted by Crippen LogP contribution is 2.39. The van der Waals surface area contributed by atoms with Crippen molar-refractivity contribution in [2.45, 2.75) is 44.0 Å². The van der Waals surface area contributed by atoms with Gasteiger partial charge in [0.25, 0.3) is 0 Å². The van der Waals surface area contributed by atoms with E-state index in [9.17, 15) is 4.39 Å². The summed E-state index contributed by atoms with van der Waals surface area (Å²) >= 11 is 0. The van der Waals surface area contributed by atoms with Crippen LogP contribution in [0.5, 0.6) is 0 Å². The molecular formula is C16H23FN2O. The molecule has 4 unspecified atom stereocenters. The number of hydrogen-bond acceptors (Lipinski definition) is 3. The Kier molecular flexibility index (Phi) is 4.34. The van der Waals surface area contributed by atoms with E-state index in [4.69, 9.17) is 4.74 Å². The molecular weight excluding hydrogens is 255 g/mol. The Morgan fingerprint density at radius 3 is 2.70 bits per heavy atom. The van der Waals surface area contributed by atoms with E-state index in [2.05, 4.69) is 10.6 Å². The average Bonchev–Trinajstić information content (AvgIpc) is 3.16. The topological polar surface area (TPSA) is 33.3 Å². The number of hydrogen-bond donors (Lipinski definition) is 2. The van der Waals surface area contributed by atoms with Crippen molar-refractivity contribution >= 4 is 0 Å². The summed E-state index contributed by atoms with van der Waals surface area (Å²) in [4.78, 5) is 0. The van der Waals surface area contributed by atoms with Crippen LogP contribution in [0.15, 0.2) is 24.3 Å². The number of halogens is 1. The molecule has 0 amide bonds. The summed E-state index contributed by atoms with van der Waals surface area (Å²) in [5.41, 5.74) is 1.14. The fraction of sp³-hybridized carbons (Fsp3) is 0.625. The van der Waals surface area contributed by atoms with Crippen LogP contribution in [0, 0.1) is 11.7 Å². The van der Waals surface area contributed by atoms with Crippen LogP contribution in [0.25, 0.3) is 0 Å². The highest BCUT2D eigenvalue weighted by molar-refractivity contribution is 5.15. The standard InChI is InChI=1S/C16H23FN2O/c1-18-15-8-14(6-12-7-16(12)20-10-15)19-9-11-2-4-13(17)5-3-11/h2-5,12,14-16,18-19H,6-10H2,1H3. The van der Waals surface area contributed by atoms with Gasteiger partial charge in [-0.05, 0) is 49.9 Å². The molecule has 0 spiro atoms. The molecule has 1 aliphatic heterocycles. The van der Waals surface area contributed by atoms with Crippen LogP contribution in [-0.4, -0.2) is 31.8 Å². The second kappa shape index (κ2) is 6.20. The van der Waals surface area contributed by atoms with E-state index in [0.717, 1.165) is 31.1 Å². The van der Waals surface area contributed by atoms with Crippen LogP contribution in [0.1, 0.15) is 24.8 Å². The minimum Gasteiger partial charge on any atom is -0.376 e. The normalized spacial score (nSPS) is 33.1. The van der Waals surface area contributed by atoms with Gasteiger partial charge in [-0.15, -0.1) is 0 Å². The monoisotopic (exact) mass is 278 g/mol. The molecule has 110 valence electrons. The number of nitrogens with one attached hydrogen (secondary N) is 2. The van der Waals surface area contributed by atoms with Crippen molar-refractivity contribution in [3.05, 3.63) is 35.6 Å². The predicted molar refractivity (Wildman–Crippen MR) is 77.0 cm³/mol. The maximum absolute atomic E-state index is 12.9. The molecule has 1 aromatic carbocycles. The van der Waals surface area contributed by atoms with E-state index in [-0.39, 0.29) is 5.82 Å². The Labute approximate surface area is 119 Å². The molecule has 1 heterocycles. The van der Waals surface area contributed by atoms with E-state index in [1.54, 1.807) is 0 Å². The van der Waals surface area contributed by atoms with Crippen molar-refractivity contribution in [2.24, 2.45) is 5.92 Å². The lowest BCUT2D eigenvalue weighted by Gasteiger charge is -2.27. The van der Waals surface area contributed by atoms with Gasteiger partial charge in [0.05, 0.1) is 12.7 Å². The molecule has 1 saturated carbocycles. The number of benzene rings is 1. The SMILES string of the molecule is CNC1COC2CC2CC(NCc2ccc(F)cc2)C1. The Morgan fingerprint density at radius 2 is 1.95 bits per heavy atom. The number of rotatable bonds is 4. The smallest absolute Gasteiger partial charge is 0.123 e. The summed E-state index contributed by atoms with van der Waals surface area (Å²) in [6.07, 6.45) is 3.97. The average molecular weight is 278 g/mol. The summed E-state index contributed by atoms with van der Waals surface area (Å²) in [6, 6.07) is 7.68. The molecule has 0 bridgehead atoms. The second-order valence-corrected chi connectivity index (χ2v) is 6.03. The summed E-state index contributed by atoms with van der Waals surface area (Å²) < 4.78 is 18.7. The maximum Gasteiger partial charge on any atom is 0.123 e. The van der Waals surface area contributed by atoms with Crippen molar-refractivity contribution in [1.82, 2.24) is 10.6 Å². The van der Waals surface area contributed by atoms with E-state index in [1.807, 2.05) is 19.2 Å². The third kappa shape index (κ3) is 3.57. The van der Waals surface area contributed by atoms with Gasteiger partial charge in [-0.3, -0.25) is 0 Å². The maximum atomic E-state index is 12.9. The lowest BCUT2D eigenvalue weighted by Crippen LogP contribution is -2.41. The minimum atomic E-state index is -0.173. The zero-order chi connectivity index (χ0) is 13.9. The van der Waals surface area contributed by atoms with Crippen LogP contribution in [0.4, 0.5) is 4.39 Å². The summed E-state index contributed by atoms with van der Waals surface area (Å²) in [5, 5.41) is 6.96. The molecule has 0 radical (unpaired) electrons. The minimum absolute atomic E-state index is 0.173. The van der Waals surface area contributed by atoms with Crippen LogP contribution >= 0.6 is 0 Å². The third-order valence-corrected chi connectivity index (χ3v) is 4.44. The molecule has 1 saturated heterocycles. The fourth-order valence-electron chi connectivity index (χ4n) is 3.02. The van der Waals surface area contributed by atoms with Crippen molar-refractivity contribution in [2.75, 3.05) is 13.7 Å². The molecule has 3 rings (SSSR count). The van der Waals surface area contributed by atoms with Gasteiger partial charge in [-0.1, -0.05) is 12.1 Å². The quantitative estimate of drug-likeness (QED) is 0.884. The van der Waals surface area contributed by atoms with Crippen molar-refractivity contribution in [1.29, 1.82) is 0 Å². The molecule has 1 aliphatic carbocycles. The second-order valence-electron chi connectivity index (χ2n) is 6.03. The van der Waals surface area contributed by atoms with Crippen molar-refractivity contribution in [3.63, 3.8) is 0 Å². The molecule has 2 aliphatic rings. The molecule has 3 nitrogen and oxygen atoms in total. The Morgan fingerprint density at radius 1 is 1.15 bits per heavy atom. The molecule has 0 aromatic heterocycles. The van der Waals surface area contributed by atoms with Crippen LogP contribution in [-0.2, 0) is 11.3 Å². The van der Waals surface area contributed by atoms with Crippen molar-refractivity contribution in [3.8, 4) is 0 Å². The number of likely N-dealkylation sites (N-methyl/N-ethyl adjacent to an activating group) is 1. The zero-order valence-corrected chi connectivity index (χ0v) is 11.9. The lowest BCUT2D eigenvalue weighted by atomic mass is 10.0. The van der Waals surface area contributed by atoms with Crippen molar-refractivity contribution < 1.29 is 9.13 Å². The summed E-state index contributed by atoms with van der Waals surface area (Å²) in [5.74, 6) is 0.562. The van der Waals surface area contributed by atoms with Gasteiger partial charge in [0.2, 0.25) is 0 Å². The Bertz CT molecular complexity index is 437. The van der Waals surface area contributed by atoms with Crippen LogP contribution in [0.2, 0.25) is 0 Å². The molecule has 1 aromatic rings. The fourth-order valence-corrected chi connectivity index (χ4v) is 3.02. The van der Waals surface area contributed by atoms with E-state index < -0.39 is 0 Å². The van der Waals surface area contributed by atoms with E-state index in [0.29, 0.717) is 18.2 Å².